The highest BCUT2D eigenvalue weighted by Gasteiger charge is 2.52. The molecule has 1 aliphatic heterocycles. The molecule has 0 aromatic carbocycles. The lowest BCUT2D eigenvalue weighted by Gasteiger charge is -2.32. The first kappa shape index (κ1) is 15.2. The van der Waals surface area contributed by atoms with Crippen molar-refractivity contribution in [2.45, 2.75) is 45.8 Å². The summed E-state index contributed by atoms with van der Waals surface area (Å²) >= 11 is 0. The molecule has 1 saturated heterocycles. The van der Waals surface area contributed by atoms with Gasteiger partial charge in [0, 0.05) is 18.4 Å². The molecule has 0 atom stereocenters. The van der Waals surface area contributed by atoms with Crippen LogP contribution in [0.1, 0.15) is 39.0 Å². The molecule has 2 rings (SSSR count). The lowest BCUT2D eigenvalue weighted by molar-refractivity contribution is 0.00578. The summed E-state index contributed by atoms with van der Waals surface area (Å²) in [7, 11) is -0.390. The summed E-state index contributed by atoms with van der Waals surface area (Å²) in [5, 5.41) is 0. The van der Waals surface area contributed by atoms with Gasteiger partial charge in [-0.2, -0.15) is 0 Å². The third-order valence-electron chi connectivity index (χ3n) is 4.06. The van der Waals surface area contributed by atoms with E-state index in [1.807, 2.05) is 52.8 Å². The third kappa shape index (κ3) is 2.95. The molecule has 20 heavy (non-hydrogen) atoms. The van der Waals surface area contributed by atoms with E-state index in [2.05, 4.69) is 4.98 Å². The fourth-order valence-corrected chi connectivity index (χ4v) is 2.09. The van der Waals surface area contributed by atoms with Crippen LogP contribution < -0.4 is 5.73 Å². The Morgan fingerprint density at radius 2 is 1.90 bits per heavy atom. The first-order valence-electron chi connectivity index (χ1n) is 6.94. The fourth-order valence-electron chi connectivity index (χ4n) is 2.09. The first-order chi connectivity index (χ1) is 9.25. The predicted octanol–water partition coefficient (Wildman–Crippen LogP) is 2.36. The Hall–Kier alpha value is -1.17. The van der Waals surface area contributed by atoms with Crippen molar-refractivity contribution in [3.63, 3.8) is 0 Å². The first-order valence-corrected chi connectivity index (χ1v) is 6.94. The minimum Gasteiger partial charge on any atom is -0.400 e. The molecule has 1 fully saturated rings. The van der Waals surface area contributed by atoms with Gasteiger partial charge in [-0.1, -0.05) is 6.08 Å². The Labute approximate surface area is 121 Å². The molecule has 2 N–H and O–H groups in total. The lowest BCUT2D eigenvalue weighted by Crippen LogP contribution is -2.41. The smallest absolute Gasteiger partial charge is 0.400 e. The van der Waals surface area contributed by atoms with E-state index in [4.69, 9.17) is 15.0 Å². The number of aryl methyl sites for hydroxylation is 1. The molecular formula is C15H23BN2O2. The second-order valence-corrected chi connectivity index (χ2v) is 6.24. The number of aromatic nitrogens is 1. The summed E-state index contributed by atoms with van der Waals surface area (Å²) in [4.78, 5) is 4.19. The van der Waals surface area contributed by atoms with Crippen LogP contribution in [-0.2, 0) is 9.31 Å². The average molecular weight is 274 g/mol. The van der Waals surface area contributed by atoms with E-state index >= 15 is 0 Å². The van der Waals surface area contributed by atoms with Gasteiger partial charge >= 0.3 is 7.12 Å². The van der Waals surface area contributed by atoms with E-state index in [9.17, 15) is 0 Å². The highest BCUT2D eigenvalue weighted by atomic mass is 16.7. The molecule has 1 aromatic heterocycles. The maximum atomic E-state index is 6.03. The number of pyridine rings is 1. The lowest BCUT2D eigenvalue weighted by atomic mass is 9.77. The molecule has 0 spiro atoms. The molecule has 0 saturated carbocycles. The van der Waals surface area contributed by atoms with Gasteiger partial charge in [0.2, 0.25) is 0 Å². The van der Waals surface area contributed by atoms with Crippen LogP contribution in [0.25, 0.3) is 6.08 Å². The van der Waals surface area contributed by atoms with Crippen molar-refractivity contribution >= 4 is 13.2 Å². The van der Waals surface area contributed by atoms with Gasteiger partial charge < -0.3 is 15.0 Å². The van der Waals surface area contributed by atoms with Crippen molar-refractivity contribution in [2.75, 3.05) is 6.54 Å². The van der Waals surface area contributed by atoms with Gasteiger partial charge in [-0.05, 0) is 57.8 Å². The Kier molecular flexibility index (Phi) is 4.05. The summed E-state index contributed by atoms with van der Waals surface area (Å²) < 4.78 is 12.1. The summed E-state index contributed by atoms with van der Waals surface area (Å²) in [6, 6.07) is 3.97. The number of hydrogen-bond acceptors (Lipinski definition) is 4. The summed E-state index contributed by atoms with van der Waals surface area (Å²) in [5.74, 6) is 0. The zero-order valence-electron chi connectivity index (χ0n) is 12.9. The van der Waals surface area contributed by atoms with Crippen LogP contribution in [0, 0.1) is 6.92 Å². The van der Waals surface area contributed by atoms with Crippen molar-refractivity contribution < 1.29 is 9.31 Å². The molecule has 0 unspecified atom stereocenters. The molecule has 5 heteroatoms. The van der Waals surface area contributed by atoms with E-state index in [0.717, 1.165) is 16.7 Å². The zero-order chi connectivity index (χ0) is 15.0. The Bertz CT molecular complexity index is 510. The van der Waals surface area contributed by atoms with Gasteiger partial charge in [0.05, 0.1) is 11.2 Å². The molecule has 0 amide bonds. The van der Waals surface area contributed by atoms with Crippen LogP contribution in [0.5, 0.6) is 0 Å². The maximum absolute atomic E-state index is 6.03. The van der Waals surface area contributed by atoms with E-state index in [1.165, 1.54) is 0 Å². The minimum atomic E-state index is -0.390. The van der Waals surface area contributed by atoms with E-state index in [0.29, 0.717) is 6.54 Å². The molecule has 2 heterocycles. The largest absolute Gasteiger partial charge is 0.491 e. The summed E-state index contributed by atoms with van der Waals surface area (Å²) in [6.45, 7) is 10.5. The second kappa shape index (κ2) is 5.32. The normalized spacial score (nSPS) is 21.3. The zero-order valence-corrected chi connectivity index (χ0v) is 12.9. The third-order valence-corrected chi connectivity index (χ3v) is 4.06. The van der Waals surface area contributed by atoms with Crippen LogP contribution in [0.15, 0.2) is 23.8 Å². The molecule has 1 aliphatic rings. The van der Waals surface area contributed by atoms with Crippen LogP contribution in [-0.4, -0.2) is 29.8 Å². The predicted molar refractivity (Wildman–Crippen MR) is 82.1 cm³/mol. The van der Waals surface area contributed by atoms with E-state index < -0.39 is 7.12 Å². The Balaban J connectivity index is 2.26. The quantitative estimate of drug-likeness (QED) is 0.860. The van der Waals surface area contributed by atoms with Gasteiger partial charge in [0.1, 0.15) is 0 Å². The molecule has 0 bridgehead atoms. The summed E-state index contributed by atoms with van der Waals surface area (Å²) in [5.41, 5.74) is 8.16. The van der Waals surface area contributed by atoms with Crippen molar-refractivity contribution in [3.8, 4) is 0 Å². The molecule has 0 aliphatic carbocycles. The van der Waals surface area contributed by atoms with Crippen LogP contribution in [0.4, 0.5) is 0 Å². The van der Waals surface area contributed by atoms with Crippen molar-refractivity contribution in [3.05, 3.63) is 35.1 Å². The highest BCUT2D eigenvalue weighted by Crippen LogP contribution is 2.38. The Morgan fingerprint density at radius 3 is 2.40 bits per heavy atom. The van der Waals surface area contributed by atoms with Gasteiger partial charge in [-0.25, -0.2) is 0 Å². The fraction of sp³-hybridized carbons (Fsp3) is 0.533. The van der Waals surface area contributed by atoms with Gasteiger partial charge in [0.15, 0.2) is 0 Å². The minimum absolute atomic E-state index is 0.347. The van der Waals surface area contributed by atoms with Crippen molar-refractivity contribution in [1.82, 2.24) is 4.98 Å². The summed E-state index contributed by atoms with van der Waals surface area (Å²) in [6.07, 6.45) is 3.82. The molecule has 4 nitrogen and oxygen atoms in total. The number of nitrogens with two attached hydrogens (primary N) is 1. The standard InChI is InChI=1S/C15H23BN2O2/c1-11-8-12(6-7-18-11)9-13(10-17)16-19-14(2,3)15(4,5)20-16/h6-9H,10,17H2,1-5H3. The molecule has 1 aromatic rings. The van der Waals surface area contributed by atoms with Gasteiger partial charge in [-0.3, -0.25) is 4.98 Å². The van der Waals surface area contributed by atoms with Crippen molar-refractivity contribution in [2.24, 2.45) is 5.73 Å². The molecule has 108 valence electrons. The number of nitrogens with zero attached hydrogens (tertiary/aromatic N) is 1. The van der Waals surface area contributed by atoms with Crippen LogP contribution >= 0.6 is 0 Å². The maximum Gasteiger partial charge on any atom is 0.491 e. The van der Waals surface area contributed by atoms with Gasteiger partial charge in [0.25, 0.3) is 0 Å². The van der Waals surface area contributed by atoms with Crippen LogP contribution in [0.3, 0.4) is 0 Å². The molecular weight excluding hydrogens is 251 g/mol. The highest BCUT2D eigenvalue weighted by molar-refractivity contribution is 6.55. The van der Waals surface area contributed by atoms with Crippen molar-refractivity contribution in [1.29, 1.82) is 0 Å². The van der Waals surface area contributed by atoms with E-state index in [-0.39, 0.29) is 11.2 Å². The monoisotopic (exact) mass is 274 g/mol. The number of rotatable bonds is 3. The van der Waals surface area contributed by atoms with E-state index in [1.54, 1.807) is 6.20 Å². The van der Waals surface area contributed by atoms with Gasteiger partial charge in [-0.15, -0.1) is 0 Å². The molecule has 0 radical (unpaired) electrons. The second-order valence-electron chi connectivity index (χ2n) is 6.24. The topological polar surface area (TPSA) is 57.4 Å². The average Bonchev–Trinajstić information content (AvgIpc) is 2.55. The number of hydrogen-bond donors (Lipinski definition) is 1. The Morgan fingerprint density at radius 1 is 1.30 bits per heavy atom. The SMILES string of the molecule is Cc1cc(C=C(CN)B2OC(C)(C)C(C)(C)O2)ccn1. The van der Waals surface area contributed by atoms with Crippen LogP contribution in [0.2, 0.25) is 0 Å².